The molecule has 1 amide bonds. The van der Waals surface area contributed by atoms with E-state index in [2.05, 4.69) is 15.0 Å². The number of H-pyrrole nitrogens is 1. The Kier molecular flexibility index (Phi) is 3.22. The summed E-state index contributed by atoms with van der Waals surface area (Å²) in [5.74, 6) is 0.990. The monoisotopic (exact) mass is 346 g/mol. The van der Waals surface area contributed by atoms with Crippen LogP contribution in [0.1, 0.15) is 51.9 Å². The van der Waals surface area contributed by atoms with Crippen molar-refractivity contribution in [1.29, 1.82) is 0 Å². The van der Waals surface area contributed by atoms with Gasteiger partial charge in [0, 0.05) is 11.3 Å². The number of para-hydroxylation sites is 1. The van der Waals surface area contributed by atoms with E-state index in [1.54, 1.807) is 4.90 Å². The van der Waals surface area contributed by atoms with Gasteiger partial charge in [-0.1, -0.05) is 18.2 Å². The van der Waals surface area contributed by atoms with Crippen LogP contribution in [0.15, 0.2) is 35.1 Å². The number of carbonyl (C=O) groups is 1. The Bertz CT molecular complexity index is 1110. The lowest BCUT2D eigenvalue weighted by molar-refractivity contribution is 0.0744. The second-order valence-corrected chi connectivity index (χ2v) is 7.16. The topological polar surface area (TPSA) is 79.0 Å². The summed E-state index contributed by atoms with van der Waals surface area (Å²) in [5, 5.41) is 1.01. The number of hydrogen-bond donors (Lipinski definition) is 1. The Hall–Kier alpha value is -3.02. The maximum absolute atomic E-state index is 13.0. The first kappa shape index (κ1) is 15.3. The SMILES string of the molecule is Cc1cc2ccccc2nc1C(=O)N1Cc2nc(C3CC3)[nH]c(=O)c2C1. The van der Waals surface area contributed by atoms with Gasteiger partial charge in [0.2, 0.25) is 0 Å². The lowest BCUT2D eigenvalue weighted by atomic mass is 10.1. The highest BCUT2D eigenvalue weighted by Gasteiger charge is 2.32. The number of pyridine rings is 1. The molecule has 1 saturated carbocycles. The summed E-state index contributed by atoms with van der Waals surface area (Å²) in [6.45, 7) is 2.55. The molecule has 3 aromatic rings. The van der Waals surface area contributed by atoms with Crippen LogP contribution in [0.4, 0.5) is 0 Å². The normalized spacial score (nSPS) is 16.1. The molecular formula is C20H18N4O2. The predicted molar refractivity (Wildman–Crippen MR) is 96.9 cm³/mol. The van der Waals surface area contributed by atoms with Crippen molar-refractivity contribution in [2.24, 2.45) is 0 Å². The summed E-state index contributed by atoms with van der Waals surface area (Å²) >= 11 is 0. The molecule has 1 N–H and O–H groups in total. The summed E-state index contributed by atoms with van der Waals surface area (Å²) in [4.78, 5) is 39.1. The molecule has 1 fully saturated rings. The van der Waals surface area contributed by atoms with Gasteiger partial charge in [0.15, 0.2) is 0 Å². The molecule has 3 heterocycles. The van der Waals surface area contributed by atoms with Gasteiger partial charge in [0.1, 0.15) is 11.5 Å². The Labute approximate surface area is 149 Å². The van der Waals surface area contributed by atoms with Crippen LogP contribution in [0.5, 0.6) is 0 Å². The van der Waals surface area contributed by atoms with Gasteiger partial charge in [-0.15, -0.1) is 0 Å². The van der Waals surface area contributed by atoms with Crippen LogP contribution in [-0.4, -0.2) is 25.8 Å². The molecular weight excluding hydrogens is 328 g/mol. The van der Waals surface area contributed by atoms with E-state index in [4.69, 9.17) is 0 Å². The molecule has 5 rings (SSSR count). The number of nitrogens with one attached hydrogen (secondary N) is 1. The highest BCUT2D eigenvalue weighted by atomic mass is 16.2. The maximum Gasteiger partial charge on any atom is 0.273 e. The van der Waals surface area contributed by atoms with Crippen molar-refractivity contribution < 1.29 is 4.79 Å². The summed E-state index contributed by atoms with van der Waals surface area (Å²) in [5.41, 5.74) is 3.28. The molecule has 2 aliphatic rings. The molecule has 6 nitrogen and oxygen atoms in total. The van der Waals surface area contributed by atoms with E-state index in [-0.39, 0.29) is 18.0 Å². The van der Waals surface area contributed by atoms with E-state index >= 15 is 0 Å². The zero-order valence-electron chi connectivity index (χ0n) is 14.5. The average Bonchev–Trinajstić information content (AvgIpc) is 3.39. The first-order valence-electron chi connectivity index (χ1n) is 8.88. The standard InChI is InChI=1S/C20H18N4O2/c1-11-8-13-4-2-3-5-15(13)21-17(11)20(26)24-9-14-16(10-24)22-18(12-6-7-12)23-19(14)25/h2-5,8,12H,6-7,9-10H2,1H3,(H,22,23,25). The smallest absolute Gasteiger partial charge is 0.273 e. The van der Waals surface area contributed by atoms with Crippen LogP contribution in [0.2, 0.25) is 0 Å². The largest absolute Gasteiger partial charge is 0.327 e. The lowest BCUT2D eigenvalue weighted by Crippen LogP contribution is -2.27. The zero-order valence-corrected chi connectivity index (χ0v) is 14.5. The number of benzene rings is 1. The third kappa shape index (κ3) is 2.41. The van der Waals surface area contributed by atoms with E-state index in [0.717, 1.165) is 40.8 Å². The van der Waals surface area contributed by atoms with Crippen LogP contribution in [0.25, 0.3) is 10.9 Å². The number of aryl methyl sites for hydroxylation is 1. The van der Waals surface area contributed by atoms with Gasteiger partial charge < -0.3 is 9.88 Å². The Morgan fingerprint density at radius 2 is 2.00 bits per heavy atom. The fourth-order valence-electron chi connectivity index (χ4n) is 3.57. The van der Waals surface area contributed by atoms with Crippen molar-refractivity contribution in [3.63, 3.8) is 0 Å². The van der Waals surface area contributed by atoms with E-state index in [1.807, 2.05) is 37.3 Å². The maximum atomic E-state index is 13.0. The van der Waals surface area contributed by atoms with Crippen LogP contribution >= 0.6 is 0 Å². The number of aromatic nitrogens is 3. The van der Waals surface area contributed by atoms with Crippen molar-refractivity contribution in [2.45, 2.75) is 38.8 Å². The molecule has 130 valence electrons. The minimum Gasteiger partial charge on any atom is -0.327 e. The highest BCUT2D eigenvalue weighted by molar-refractivity contribution is 5.96. The van der Waals surface area contributed by atoms with Crippen LogP contribution in [0.3, 0.4) is 0 Å². The highest BCUT2D eigenvalue weighted by Crippen LogP contribution is 2.38. The molecule has 0 spiro atoms. The number of carbonyl (C=O) groups excluding carboxylic acids is 1. The van der Waals surface area contributed by atoms with Gasteiger partial charge in [-0.05, 0) is 37.5 Å². The molecule has 2 aromatic heterocycles. The first-order valence-corrected chi connectivity index (χ1v) is 8.88. The number of rotatable bonds is 2. The second-order valence-electron chi connectivity index (χ2n) is 7.16. The van der Waals surface area contributed by atoms with E-state index in [0.29, 0.717) is 23.7 Å². The average molecular weight is 346 g/mol. The number of hydrogen-bond acceptors (Lipinski definition) is 4. The third-order valence-corrected chi connectivity index (χ3v) is 5.18. The zero-order chi connectivity index (χ0) is 17.8. The minimum absolute atomic E-state index is 0.115. The van der Waals surface area contributed by atoms with Gasteiger partial charge in [0.05, 0.1) is 29.9 Å². The summed E-state index contributed by atoms with van der Waals surface area (Å²) in [6, 6.07) is 9.73. The first-order chi connectivity index (χ1) is 12.6. The Morgan fingerprint density at radius 1 is 1.19 bits per heavy atom. The number of aromatic amines is 1. The fourth-order valence-corrected chi connectivity index (χ4v) is 3.57. The quantitative estimate of drug-likeness (QED) is 0.774. The van der Waals surface area contributed by atoms with Gasteiger partial charge in [-0.2, -0.15) is 0 Å². The molecule has 0 atom stereocenters. The summed E-state index contributed by atoms with van der Waals surface area (Å²) in [7, 11) is 0. The van der Waals surface area contributed by atoms with Crippen molar-refractivity contribution in [2.75, 3.05) is 0 Å². The van der Waals surface area contributed by atoms with Crippen molar-refractivity contribution in [1.82, 2.24) is 19.9 Å². The Balaban J connectivity index is 1.49. The molecule has 1 aromatic carbocycles. The fraction of sp³-hybridized carbons (Fsp3) is 0.300. The van der Waals surface area contributed by atoms with Crippen LogP contribution in [0, 0.1) is 6.92 Å². The van der Waals surface area contributed by atoms with Crippen molar-refractivity contribution >= 4 is 16.8 Å². The van der Waals surface area contributed by atoms with E-state index in [9.17, 15) is 9.59 Å². The number of fused-ring (bicyclic) bond motifs is 2. The van der Waals surface area contributed by atoms with Crippen LogP contribution < -0.4 is 5.56 Å². The molecule has 0 radical (unpaired) electrons. The second kappa shape index (κ2) is 5.49. The van der Waals surface area contributed by atoms with Crippen molar-refractivity contribution in [3.8, 4) is 0 Å². The van der Waals surface area contributed by atoms with Crippen molar-refractivity contribution in [3.05, 3.63) is 69.0 Å². The molecule has 0 bridgehead atoms. The van der Waals surface area contributed by atoms with Gasteiger partial charge >= 0.3 is 0 Å². The summed E-state index contributed by atoms with van der Waals surface area (Å²) < 4.78 is 0. The van der Waals surface area contributed by atoms with Crippen LogP contribution in [-0.2, 0) is 13.1 Å². The molecule has 26 heavy (non-hydrogen) atoms. The Morgan fingerprint density at radius 3 is 2.81 bits per heavy atom. The van der Waals surface area contributed by atoms with E-state index < -0.39 is 0 Å². The van der Waals surface area contributed by atoms with E-state index in [1.165, 1.54) is 0 Å². The minimum atomic E-state index is -0.154. The molecule has 6 heteroatoms. The number of amides is 1. The van der Waals surface area contributed by atoms with Gasteiger partial charge in [0.25, 0.3) is 11.5 Å². The lowest BCUT2D eigenvalue weighted by Gasteiger charge is -2.16. The summed E-state index contributed by atoms with van der Waals surface area (Å²) in [6.07, 6.45) is 2.15. The molecule has 1 aliphatic carbocycles. The number of nitrogens with zero attached hydrogens (tertiary/aromatic N) is 3. The molecule has 1 aliphatic heterocycles. The predicted octanol–water partition coefficient (Wildman–Crippen LogP) is 2.66. The van der Waals surface area contributed by atoms with Gasteiger partial charge in [-0.25, -0.2) is 9.97 Å². The molecule has 0 saturated heterocycles. The molecule has 0 unspecified atom stereocenters. The third-order valence-electron chi connectivity index (χ3n) is 5.18. The van der Waals surface area contributed by atoms with Gasteiger partial charge in [-0.3, -0.25) is 9.59 Å².